The summed E-state index contributed by atoms with van der Waals surface area (Å²) in [7, 11) is 0. The molecule has 3 heteroatoms. The highest BCUT2D eigenvalue weighted by Gasteiger charge is 2.19. The van der Waals surface area contributed by atoms with Crippen LogP contribution in [0.3, 0.4) is 0 Å². The van der Waals surface area contributed by atoms with Gasteiger partial charge >= 0.3 is 0 Å². The molecule has 0 spiro atoms. The Morgan fingerprint density at radius 3 is 1.88 bits per heavy atom. The number of hydrogen-bond donors (Lipinski definition) is 0. The molecule has 0 aliphatic heterocycles. The molecule has 0 N–H and O–H groups in total. The molecule has 3 heterocycles. The van der Waals surface area contributed by atoms with Crippen LogP contribution in [0.1, 0.15) is 0 Å². The molecular weight excluding hydrogens is 625 g/mol. The number of nitrogens with zero attached hydrogens (tertiary/aromatic N) is 2. The highest BCUT2D eigenvalue weighted by Crippen LogP contribution is 2.43. The van der Waals surface area contributed by atoms with E-state index in [0.717, 1.165) is 33.8 Å². The summed E-state index contributed by atoms with van der Waals surface area (Å²) >= 11 is 1.85. The Kier molecular flexibility index (Phi) is 6.71. The lowest BCUT2D eigenvalue weighted by molar-refractivity contribution is 1.18. The summed E-state index contributed by atoms with van der Waals surface area (Å²) in [6, 6.07) is 65.5. The summed E-state index contributed by atoms with van der Waals surface area (Å²) < 4.78 is 4.97. The van der Waals surface area contributed by atoms with Gasteiger partial charge in [-0.15, -0.1) is 11.3 Å². The van der Waals surface area contributed by atoms with Crippen LogP contribution < -0.4 is 0 Å². The number of pyridine rings is 1. The predicted molar refractivity (Wildman–Crippen MR) is 213 cm³/mol. The lowest BCUT2D eigenvalue weighted by Crippen LogP contribution is -1.96. The molecule has 2 nitrogen and oxygen atoms in total. The molecule has 234 valence electrons. The van der Waals surface area contributed by atoms with Crippen molar-refractivity contribution in [2.45, 2.75) is 0 Å². The van der Waals surface area contributed by atoms with E-state index in [2.05, 4.69) is 187 Å². The number of rotatable bonds is 5. The van der Waals surface area contributed by atoms with Gasteiger partial charge in [-0.1, -0.05) is 140 Å². The first-order chi connectivity index (χ1) is 24.8. The van der Waals surface area contributed by atoms with Crippen LogP contribution >= 0.6 is 11.3 Å². The molecule has 50 heavy (non-hydrogen) atoms. The Hall–Kier alpha value is -6.29. The molecule has 0 fully saturated rings. The number of benzene rings is 7. The lowest BCUT2D eigenvalue weighted by Gasteiger charge is -2.15. The van der Waals surface area contributed by atoms with Crippen LogP contribution in [-0.4, -0.2) is 9.55 Å². The molecular formula is C47H30N2S. The fourth-order valence-electron chi connectivity index (χ4n) is 7.51. The molecule has 0 bridgehead atoms. The van der Waals surface area contributed by atoms with E-state index >= 15 is 0 Å². The first-order valence-corrected chi connectivity index (χ1v) is 17.8. The highest BCUT2D eigenvalue weighted by molar-refractivity contribution is 7.26. The van der Waals surface area contributed by atoms with Gasteiger partial charge in [-0.05, 0) is 59.2 Å². The molecule has 0 aliphatic rings. The molecule has 0 saturated heterocycles. The van der Waals surface area contributed by atoms with Crippen molar-refractivity contribution >= 4 is 53.3 Å². The summed E-state index contributed by atoms with van der Waals surface area (Å²) in [4.78, 5) is 5.46. The Bertz CT molecular complexity index is 2860. The first kappa shape index (κ1) is 28.7. The summed E-state index contributed by atoms with van der Waals surface area (Å²) in [5.41, 5.74) is 12.4. The molecule has 0 radical (unpaired) electrons. The second kappa shape index (κ2) is 11.7. The zero-order valence-electron chi connectivity index (χ0n) is 27.1. The number of fused-ring (bicyclic) bond motifs is 6. The first-order valence-electron chi connectivity index (χ1n) is 17.0. The summed E-state index contributed by atoms with van der Waals surface area (Å²) in [5.74, 6) is 0. The summed E-state index contributed by atoms with van der Waals surface area (Å²) in [6.45, 7) is 0. The summed E-state index contributed by atoms with van der Waals surface area (Å²) in [5, 5.41) is 5.04. The number of thiophene rings is 1. The van der Waals surface area contributed by atoms with Gasteiger partial charge < -0.3 is 4.57 Å². The third-order valence-corrected chi connectivity index (χ3v) is 11.0. The van der Waals surface area contributed by atoms with Crippen molar-refractivity contribution < 1.29 is 0 Å². The van der Waals surface area contributed by atoms with E-state index in [1.54, 1.807) is 0 Å². The van der Waals surface area contributed by atoms with Gasteiger partial charge in [-0.3, -0.25) is 0 Å². The molecule has 7 aromatic carbocycles. The quantitative estimate of drug-likeness (QED) is 0.181. The van der Waals surface area contributed by atoms with Gasteiger partial charge in [0.2, 0.25) is 0 Å². The maximum Gasteiger partial charge on any atom is 0.0730 e. The van der Waals surface area contributed by atoms with Gasteiger partial charge in [0.25, 0.3) is 0 Å². The minimum Gasteiger partial charge on any atom is -0.309 e. The van der Waals surface area contributed by atoms with Crippen molar-refractivity contribution in [2.75, 3.05) is 0 Å². The smallest absolute Gasteiger partial charge is 0.0730 e. The lowest BCUT2D eigenvalue weighted by atomic mass is 9.96. The van der Waals surface area contributed by atoms with Gasteiger partial charge in [0.15, 0.2) is 0 Å². The highest BCUT2D eigenvalue weighted by atomic mass is 32.1. The van der Waals surface area contributed by atoms with Gasteiger partial charge in [0.05, 0.1) is 22.4 Å². The van der Waals surface area contributed by atoms with Crippen molar-refractivity contribution in [3.8, 4) is 50.5 Å². The largest absolute Gasteiger partial charge is 0.309 e. The number of hydrogen-bond acceptors (Lipinski definition) is 2. The number of aromatic nitrogens is 2. The average molecular weight is 655 g/mol. The van der Waals surface area contributed by atoms with E-state index in [1.165, 1.54) is 58.7 Å². The standard InChI is InChI=1S/C47H30N2S/c1-3-14-31(15-4-1)32-16-11-17-33(28-32)42-29-34(30-43(48-42)41-25-13-24-40-38-21-8-10-27-45(38)50-47(40)41)36-22-12-23-39-37-20-7-9-26-44(37)49(46(36)39)35-18-5-2-6-19-35/h1-30H. The maximum absolute atomic E-state index is 5.46. The normalized spacial score (nSPS) is 11.6. The zero-order valence-corrected chi connectivity index (χ0v) is 27.9. The van der Waals surface area contributed by atoms with Crippen molar-refractivity contribution in [1.29, 1.82) is 0 Å². The van der Waals surface area contributed by atoms with Crippen LogP contribution in [-0.2, 0) is 0 Å². The van der Waals surface area contributed by atoms with E-state index < -0.39 is 0 Å². The van der Waals surface area contributed by atoms with Crippen LogP contribution in [0, 0.1) is 0 Å². The van der Waals surface area contributed by atoms with Crippen LogP contribution in [0.4, 0.5) is 0 Å². The van der Waals surface area contributed by atoms with Crippen molar-refractivity contribution in [1.82, 2.24) is 9.55 Å². The van der Waals surface area contributed by atoms with Crippen molar-refractivity contribution in [3.05, 3.63) is 182 Å². The molecule has 10 rings (SSSR count). The van der Waals surface area contributed by atoms with Crippen molar-refractivity contribution in [2.24, 2.45) is 0 Å². The van der Waals surface area contributed by atoms with Crippen LogP contribution in [0.25, 0.3) is 92.4 Å². The van der Waals surface area contributed by atoms with Gasteiger partial charge in [0, 0.05) is 53.3 Å². The monoisotopic (exact) mass is 654 g/mol. The van der Waals surface area contributed by atoms with Gasteiger partial charge in [0.1, 0.15) is 0 Å². The number of para-hydroxylation sites is 3. The maximum atomic E-state index is 5.46. The fraction of sp³-hybridized carbons (Fsp3) is 0. The summed E-state index contributed by atoms with van der Waals surface area (Å²) in [6.07, 6.45) is 0. The molecule has 0 atom stereocenters. The van der Waals surface area contributed by atoms with Crippen molar-refractivity contribution in [3.63, 3.8) is 0 Å². The minimum absolute atomic E-state index is 0.952. The second-order valence-electron chi connectivity index (χ2n) is 12.7. The van der Waals surface area contributed by atoms with E-state index in [0.29, 0.717) is 0 Å². The van der Waals surface area contributed by atoms with Crippen LogP contribution in [0.5, 0.6) is 0 Å². The van der Waals surface area contributed by atoms with Gasteiger partial charge in [-0.25, -0.2) is 4.98 Å². The third-order valence-electron chi connectivity index (χ3n) is 9.79. The fourth-order valence-corrected chi connectivity index (χ4v) is 8.73. The Morgan fingerprint density at radius 2 is 1.02 bits per heavy atom. The van der Waals surface area contributed by atoms with E-state index in [9.17, 15) is 0 Å². The van der Waals surface area contributed by atoms with E-state index in [4.69, 9.17) is 4.98 Å². The minimum atomic E-state index is 0.952. The molecule has 3 aromatic heterocycles. The van der Waals surface area contributed by atoms with E-state index in [-0.39, 0.29) is 0 Å². The third kappa shape index (κ3) is 4.67. The van der Waals surface area contributed by atoms with Crippen LogP contribution in [0.2, 0.25) is 0 Å². The predicted octanol–water partition coefficient (Wildman–Crippen LogP) is 13.2. The van der Waals surface area contributed by atoms with Gasteiger partial charge in [-0.2, -0.15) is 0 Å². The Morgan fingerprint density at radius 1 is 0.400 bits per heavy atom. The SMILES string of the molecule is c1ccc(-c2cccc(-c3cc(-c4cccc5c6ccccc6n(-c6ccccc6)c45)cc(-c4cccc5c4sc4ccccc45)n3)c2)cc1. The molecule has 0 amide bonds. The Labute approximate surface area is 294 Å². The molecule has 0 aliphatic carbocycles. The molecule has 0 unspecified atom stereocenters. The Balaban J connectivity index is 1.27. The second-order valence-corrected chi connectivity index (χ2v) is 13.8. The molecule has 10 aromatic rings. The zero-order chi connectivity index (χ0) is 33.0. The van der Waals surface area contributed by atoms with E-state index in [1.807, 2.05) is 11.3 Å². The topological polar surface area (TPSA) is 17.8 Å². The average Bonchev–Trinajstić information content (AvgIpc) is 3.75. The molecule has 0 saturated carbocycles. The van der Waals surface area contributed by atoms with Crippen LogP contribution in [0.15, 0.2) is 182 Å².